The highest BCUT2D eigenvalue weighted by atomic mass is 35.5. The molecule has 0 aliphatic carbocycles. The largest absolute Gasteiger partial charge is 0.352 e. The van der Waals surface area contributed by atoms with Crippen LogP contribution in [0.5, 0.6) is 0 Å². The monoisotopic (exact) mass is 315 g/mol. The zero-order chi connectivity index (χ0) is 15.7. The topological polar surface area (TPSA) is 46.9 Å². The molecule has 21 heavy (non-hydrogen) atoms. The summed E-state index contributed by atoms with van der Waals surface area (Å²) in [5, 5.41) is 2.19. The minimum atomic E-state index is -0.772. The highest BCUT2D eigenvalue weighted by Crippen LogP contribution is 2.26. The summed E-state index contributed by atoms with van der Waals surface area (Å²) >= 11 is 6.03. The Balaban J connectivity index is 2.53. The standard InChI is InChI=1S/C14H16ClF2N3O/c1-7(2)18-12(21)6-20-11-5-9(16)4-10(17)13(11)19-14(20)8(3)15/h4-5,7-8H,6H2,1-3H3,(H,18,21). The fraction of sp³-hybridized carbons (Fsp3) is 0.429. The molecule has 0 aliphatic heterocycles. The van der Waals surface area contributed by atoms with Crippen molar-refractivity contribution in [2.45, 2.75) is 38.7 Å². The molecule has 1 amide bonds. The van der Waals surface area contributed by atoms with Gasteiger partial charge in [0.05, 0.1) is 10.9 Å². The number of carbonyl (C=O) groups is 1. The van der Waals surface area contributed by atoms with Crippen LogP contribution in [0.1, 0.15) is 32.0 Å². The minimum absolute atomic E-state index is 0.0104. The summed E-state index contributed by atoms with van der Waals surface area (Å²) < 4.78 is 28.7. The summed E-state index contributed by atoms with van der Waals surface area (Å²) in [7, 11) is 0. The molecule has 114 valence electrons. The van der Waals surface area contributed by atoms with Crippen LogP contribution in [0.25, 0.3) is 11.0 Å². The first-order chi connectivity index (χ1) is 9.79. The Morgan fingerprint density at radius 2 is 2.05 bits per heavy atom. The van der Waals surface area contributed by atoms with E-state index in [-0.39, 0.29) is 29.5 Å². The second-order valence-corrected chi connectivity index (χ2v) is 5.80. The predicted octanol–water partition coefficient (Wildman–Crippen LogP) is 3.14. The lowest BCUT2D eigenvalue weighted by molar-refractivity contribution is -0.122. The highest BCUT2D eigenvalue weighted by molar-refractivity contribution is 6.20. The van der Waals surface area contributed by atoms with Crippen molar-refractivity contribution >= 4 is 28.5 Å². The molecule has 4 nitrogen and oxygen atoms in total. The number of imidazole rings is 1. The van der Waals surface area contributed by atoms with Crippen LogP contribution in [0.15, 0.2) is 12.1 Å². The van der Waals surface area contributed by atoms with Gasteiger partial charge in [-0.15, -0.1) is 11.6 Å². The van der Waals surface area contributed by atoms with Crippen LogP contribution < -0.4 is 5.32 Å². The van der Waals surface area contributed by atoms with E-state index in [1.165, 1.54) is 4.57 Å². The van der Waals surface area contributed by atoms with E-state index in [4.69, 9.17) is 11.6 Å². The van der Waals surface area contributed by atoms with Gasteiger partial charge in [0, 0.05) is 12.1 Å². The summed E-state index contributed by atoms with van der Waals surface area (Å²) in [6.45, 7) is 5.22. The highest BCUT2D eigenvalue weighted by Gasteiger charge is 2.20. The van der Waals surface area contributed by atoms with Crippen LogP contribution in [0.3, 0.4) is 0 Å². The first-order valence-corrected chi connectivity index (χ1v) is 7.02. The van der Waals surface area contributed by atoms with Crippen molar-refractivity contribution in [1.29, 1.82) is 0 Å². The van der Waals surface area contributed by atoms with Gasteiger partial charge in [0.1, 0.15) is 23.7 Å². The van der Waals surface area contributed by atoms with Crippen molar-refractivity contribution in [3.05, 3.63) is 29.6 Å². The summed E-state index contributed by atoms with van der Waals surface area (Å²) in [4.78, 5) is 16.0. The summed E-state index contributed by atoms with van der Waals surface area (Å²) in [6.07, 6.45) is 0. The van der Waals surface area contributed by atoms with Gasteiger partial charge in [0.15, 0.2) is 5.82 Å². The molecule has 1 atom stereocenters. The van der Waals surface area contributed by atoms with Crippen LogP contribution in [-0.2, 0) is 11.3 Å². The number of rotatable bonds is 4. The second-order valence-electron chi connectivity index (χ2n) is 5.15. The molecule has 0 bridgehead atoms. The molecule has 1 heterocycles. The summed E-state index contributed by atoms with van der Waals surface area (Å²) in [5.74, 6) is -1.44. The first-order valence-electron chi connectivity index (χ1n) is 6.58. The van der Waals surface area contributed by atoms with Crippen molar-refractivity contribution in [2.24, 2.45) is 0 Å². The maximum absolute atomic E-state index is 13.8. The molecule has 0 radical (unpaired) electrons. The van der Waals surface area contributed by atoms with Crippen LogP contribution in [0.4, 0.5) is 8.78 Å². The smallest absolute Gasteiger partial charge is 0.240 e. The zero-order valence-electron chi connectivity index (χ0n) is 12.0. The number of nitrogens with zero attached hydrogens (tertiary/aromatic N) is 2. The molecule has 1 aromatic heterocycles. The second kappa shape index (κ2) is 5.97. The van der Waals surface area contributed by atoms with E-state index in [2.05, 4.69) is 10.3 Å². The lowest BCUT2D eigenvalue weighted by Crippen LogP contribution is -2.33. The van der Waals surface area contributed by atoms with E-state index in [1.54, 1.807) is 6.92 Å². The van der Waals surface area contributed by atoms with Crippen molar-refractivity contribution in [2.75, 3.05) is 0 Å². The Hall–Kier alpha value is -1.69. The molecule has 1 N–H and O–H groups in total. The summed E-state index contributed by atoms with van der Waals surface area (Å²) in [5.41, 5.74) is 0.227. The van der Waals surface area contributed by atoms with E-state index in [0.717, 1.165) is 12.1 Å². The zero-order valence-corrected chi connectivity index (χ0v) is 12.7. The molecule has 7 heteroatoms. The van der Waals surface area contributed by atoms with Gasteiger partial charge in [-0.1, -0.05) is 0 Å². The number of benzene rings is 1. The maximum Gasteiger partial charge on any atom is 0.240 e. The first kappa shape index (κ1) is 15.7. The number of aromatic nitrogens is 2. The number of carbonyl (C=O) groups excluding carboxylic acids is 1. The number of alkyl halides is 1. The van der Waals surface area contributed by atoms with Crippen LogP contribution >= 0.6 is 11.6 Å². The van der Waals surface area contributed by atoms with Gasteiger partial charge in [-0.3, -0.25) is 4.79 Å². The van der Waals surface area contributed by atoms with Gasteiger partial charge >= 0.3 is 0 Å². The van der Waals surface area contributed by atoms with Crippen molar-refractivity contribution in [3.63, 3.8) is 0 Å². The van der Waals surface area contributed by atoms with Gasteiger partial charge in [-0.05, 0) is 26.8 Å². The van der Waals surface area contributed by atoms with Crippen molar-refractivity contribution < 1.29 is 13.6 Å². The normalized spacial score (nSPS) is 12.9. The Morgan fingerprint density at radius 1 is 1.38 bits per heavy atom. The van der Waals surface area contributed by atoms with Gasteiger partial charge in [0.25, 0.3) is 0 Å². The average Bonchev–Trinajstić information content (AvgIpc) is 2.67. The van der Waals surface area contributed by atoms with Crippen LogP contribution in [0.2, 0.25) is 0 Å². The number of hydrogen-bond acceptors (Lipinski definition) is 2. The molecule has 0 fully saturated rings. The number of amides is 1. The molecule has 0 saturated carbocycles. The predicted molar refractivity (Wildman–Crippen MR) is 77.2 cm³/mol. The number of halogens is 3. The Kier molecular flexibility index (Phi) is 4.46. The van der Waals surface area contributed by atoms with Crippen molar-refractivity contribution in [3.8, 4) is 0 Å². The lowest BCUT2D eigenvalue weighted by atomic mass is 10.3. The third-order valence-corrected chi connectivity index (χ3v) is 3.10. The SMILES string of the molecule is CC(C)NC(=O)Cn1c(C(C)Cl)nc2c(F)cc(F)cc21. The van der Waals surface area contributed by atoms with Crippen LogP contribution in [0, 0.1) is 11.6 Å². The third kappa shape index (κ3) is 3.32. The summed E-state index contributed by atoms with van der Waals surface area (Å²) in [6, 6.07) is 1.88. The quantitative estimate of drug-likeness (QED) is 0.881. The lowest BCUT2D eigenvalue weighted by Gasteiger charge is -2.12. The molecule has 2 aromatic rings. The molecule has 0 saturated heterocycles. The number of fused-ring (bicyclic) bond motifs is 1. The van der Waals surface area contributed by atoms with Gasteiger partial charge in [0.2, 0.25) is 5.91 Å². The van der Waals surface area contributed by atoms with Gasteiger partial charge in [-0.25, -0.2) is 13.8 Å². The van der Waals surface area contributed by atoms with E-state index >= 15 is 0 Å². The Morgan fingerprint density at radius 3 is 2.62 bits per heavy atom. The number of hydrogen-bond donors (Lipinski definition) is 1. The van der Waals surface area contributed by atoms with Crippen LogP contribution in [-0.4, -0.2) is 21.5 Å². The van der Waals surface area contributed by atoms with Gasteiger partial charge < -0.3 is 9.88 Å². The van der Waals surface area contributed by atoms with E-state index in [1.807, 2.05) is 13.8 Å². The van der Waals surface area contributed by atoms with E-state index < -0.39 is 17.0 Å². The third-order valence-electron chi connectivity index (χ3n) is 2.91. The molecule has 2 rings (SSSR count). The molecule has 1 aromatic carbocycles. The molecule has 1 unspecified atom stereocenters. The Bertz CT molecular complexity index is 682. The number of nitrogens with one attached hydrogen (secondary N) is 1. The Labute approximate surface area is 126 Å². The van der Waals surface area contributed by atoms with E-state index in [9.17, 15) is 13.6 Å². The fourth-order valence-corrected chi connectivity index (χ4v) is 2.31. The molecule has 0 spiro atoms. The van der Waals surface area contributed by atoms with Gasteiger partial charge in [-0.2, -0.15) is 0 Å². The molecular weight excluding hydrogens is 300 g/mol. The average molecular weight is 316 g/mol. The molecule has 0 aliphatic rings. The van der Waals surface area contributed by atoms with E-state index in [0.29, 0.717) is 5.82 Å². The maximum atomic E-state index is 13.8. The minimum Gasteiger partial charge on any atom is -0.352 e. The molecular formula is C14H16ClF2N3O. The van der Waals surface area contributed by atoms with Crippen molar-refractivity contribution in [1.82, 2.24) is 14.9 Å². The fourth-order valence-electron chi connectivity index (χ4n) is 2.15.